The van der Waals surface area contributed by atoms with Crippen molar-refractivity contribution in [2.45, 2.75) is 13.5 Å². The van der Waals surface area contributed by atoms with Gasteiger partial charge in [-0.3, -0.25) is 4.68 Å². The van der Waals surface area contributed by atoms with Crippen molar-refractivity contribution in [3.05, 3.63) is 60.4 Å². The molecule has 4 heteroatoms. The number of aromatic nitrogens is 1. The first-order valence-corrected chi connectivity index (χ1v) is 5.92. The van der Waals surface area contributed by atoms with Crippen molar-refractivity contribution in [1.29, 1.82) is 0 Å². The molecule has 0 aliphatic rings. The third kappa shape index (κ3) is 2.91. The van der Waals surface area contributed by atoms with Gasteiger partial charge in [-0.25, -0.2) is 9.80 Å². The number of ether oxygens (including phenoxy) is 1. The van der Waals surface area contributed by atoms with E-state index in [1.807, 2.05) is 54.9 Å². The molecule has 4 nitrogen and oxygen atoms in total. The second-order valence-corrected chi connectivity index (χ2v) is 3.81. The molecular formula is C14H16N2O2. The molecule has 0 radical (unpaired) electrons. The van der Waals surface area contributed by atoms with Crippen LogP contribution in [-0.4, -0.2) is 17.4 Å². The van der Waals surface area contributed by atoms with E-state index in [9.17, 15) is 4.79 Å². The fraction of sp³-hybridized carbons (Fsp3) is 0.214. The summed E-state index contributed by atoms with van der Waals surface area (Å²) in [6.07, 6.45) is 3.29. The van der Waals surface area contributed by atoms with E-state index in [1.165, 1.54) is 0 Å². The van der Waals surface area contributed by atoms with Crippen LogP contribution in [0, 0.1) is 0 Å². The number of hydrogen-bond donors (Lipinski definition) is 0. The molecule has 0 unspecified atom stereocenters. The fourth-order valence-electron chi connectivity index (χ4n) is 1.68. The number of hydrogen-bond acceptors (Lipinski definition) is 2. The van der Waals surface area contributed by atoms with Crippen molar-refractivity contribution < 1.29 is 9.53 Å². The van der Waals surface area contributed by atoms with E-state index >= 15 is 0 Å². The first-order valence-electron chi connectivity index (χ1n) is 5.92. The van der Waals surface area contributed by atoms with Crippen LogP contribution < -0.4 is 5.01 Å². The number of nitrogens with zero attached hydrogens (tertiary/aromatic N) is 2. The highest BCUT2D eigenvalue weighted by atomic mass is 16.6. The lowest BCUT2D eigenvalue weighted by Crippen LogP contribution is -2.39. The van der Waals surface area contributed by atoms with Crippen LogP contribution in [0.4, 0.5) is 4.79 Å². The predicted octanol–water partition coefficient (Wildman–Crippen LogP) is 2.78. The molecule has 0 atom stereocenters. The van der Waals surface area contributed by atoms with Crippen molar-refractivity contribution in [2.24, 2.45) is 0 Å². The Bertz CT molecular complexity index is 480. The lowest BCUT2D eigenvalue weighted by Gasteiger charge is -2.22. The lowest BCUT2D eigenvalue weighted by atomic mass is 10.2. The molecule has 0 fully saturated rings. The molecule has 1 amide bonds. The Balaban J connectivity index is 2.18. The predicted molar refractivity (Wildman–Crippen MR) is 69.8 cm³/mol. The van der Waals surface area contributed by atoms with Gasteiger partial charge < -0.3 is 4.74 Å². The summed E-state index contributed by atoms with van der Waals surface area (Å²) in [4.78, 5) is 11.9. The van der Waals surface area contributed by atoms with Gasteiger partial charge in [0.2, 0.25) is 0 Å². The first kappa shape index (κ1) is 12.2. The Morgan fingerprint density at radius 1 is 1.17 bits per heavy atom. The Morgan fingerprint density at radius 2 is 1.83 bits per heavy atom. The molecule has 2 rings (SSSR count). The van der Waals surface area contributed by atoms with E-state index in [1.54, 1.807) is 16.6 Å². The van der Waals surface area contributed by atoms with Gasteiger partial charge in [-0.15, -0.1) is 0 Å². The number of carbonyl (C=O) groups is 1. The Kier molecular flexibility index (Phi) is 4.02. The molecule has 0 spiro atoms. The largest absolute Gasteiger partial charge is 0.448 e. The van der Waals surface area contributed by atoms with Gasteiger partial charge in [0.15, 0.2) is 0 Å². The van der Waals surface area contributed by atoms with E-state index in [0.29, 0.717) is 13.2 Å². The Labute approximate surface area is 106 Å². The monoisotopic (exact) mass is 244 g/mol. The van der Waals surface area contributed by atoms with Gasteiger partial charge in [0.25, 0.3) is 0 Å². The number of rotatable bonds is 4. The van der Waals surface area contributed by atoms with Crippen LogP contribution in [0.2, 0.25) is 0 Å². The minimum Gasteiger partial charge on any atom is -0.448 e. The second-order valence-electron chi connectivity index (χ2n) is 3.81. The summed E-state index contributed by atoms with van der Waals surface area (Å²) in [6.45, 7) is 2.65. The highest BCUT2D eigenvalue weighted by molar-refractivity contribution is 5.78. The molecule has 0 bridgehead atoms. The van der Waals surface area contributed by atoms with Crippen molar-refractivity contribution in [3.63, 3.8) is 0 Å². The van der Waals surface area contributed by atoms with Crippen LogP contribution in [0.5, 0.6) is 0 Å². The van der Waals surface area contributed by atoms with Gasteiger partial charge in [0.1, 0.15) is 0 Å². The highest BCUT2D eigenvalue weighted by Gasteiger charge is 2.16. The molecule has 1 aromatic heterocycles. The van der Waals surface area contributed by atoms with Crippen LogP contribution in [0.1, 0.15) is 12.5 Å². The molecule has 1 heterocycles. The Morgan fingerprint density at radius 3 is 2.44 bits per heavy atom. The van der Waals surface area contributed by atoms with Crippen molar-refractivity contribution >= 4 is 6.09 Å². The van der Waals surface area contributed by atoms with Gasteiger partial charge >= 0.3 is 6.09 Å². The standard InChI is InChI=1S/C14H16N2O2/c1-2-18-14(17)16(15-10-6-7-11-15)12-13-8-4-3-5-9-13/h3-11H,2,12H2,1H3. The maximum atomic E-state index is 11.9. The summed E-state index contributed by atoms with van der Waals surface area (Å²) < 4.78 is 6.79. The summed E-state index contributed by atoms with van der Waals surface area (Å²) in [7, 11) is 0. The zero-order valence-corrected chi connectivity index (χ0v) is 10.3. The highest BCUT2D eigenvalue weighted by Crippen LogP contribution is 2.06. The number of carbonyl (C=O) groups excluding carboxylic acids is 1. The molecule has 2 aromatic rings. The van der Waals surface area contributed by atoms with E-state index in [4.69, 9.17) is 4.74 Å². The van der Waals surface area contributed by atoms with Gasteiger partial charge in [0, 0.05) is 12.4 Å². The maximum absolute atomic E-state index is 11.9. The minimum atomic E-state index is -0.349. The zero-order valence-electron chi connectivity index (χ0n) is 10.3. The molecule has 0 saturated heterocycles. The molecular weight excluding hydrogens is 228 g/mol. The molecule has 0 saturated carbocycles. The van der Waals surface area contributed by atoms with E-state index < -0.39 is 0 Å². The quantitative estimate of drug-likeness (QED) is 0.828. The summed E-state index contributed by atoms with van der Waals surface area (Å²) >= 11 is 0. The molecule has 1 aromatic carbocycles. The third-order valence-electron chi connectivity index (χ3n) is 2.52. The van der Waals surface area contributed by atoms with E-state index in [0.717, 1.165) is 5.56 Å². The summed E-state index contributed by atoms with van der Waals surface area (Å²) in [6, 6.07) is 13.6. The summed E-state index contributed by atoms with van der Waals surface area (Å²) in [5, 5.41) is 1.55. The fourth-order valence-corrected chi connectivity index (χ4v) is 1.68. The van der Waals surface area contributed by atoms with Crippen molar-refractivity contribution in [1.82, 2.24) is 4.68 Å². The second kappa shape index (κ2) is 5.91. The molecule has 94 valence electrons. The smallest absolute Gasteiger partial charge is 0.429 e. The first-order chi connectivity index (χ1) is 8.81. The van der Waals surface area contributed by atoms with Crippen LogP contribution in [-0.2, 0) is 11.3 Å². The average Bonchev–Trinajstić information content (AvgIpc) is 2.91. The van der Waals surface area contributed by atoms with Crippen LogP contribution in [0.25, 0.3) is 0 Å². The molecule has 0 aliphatic heterocycles. The maximum Gasteiger partial charge on any atom is 0.429 e. The molecule has 0 aliphatic carbocycles. The molecule has 18 heavy (non-hydrogen) atoms. The zero-order chi connectivity index (χ0) is 12.8. The minimum absolute atomic E-state index is 0.349. The van der Waals surface area contributed by atoms with Crippen molar-refractivity contribution in [3.8, 4) is 0 Å². The molecule has 0 N–H and O–H groups in total. The van der Waals surface area contributed by atoms with Gasteiger partial charge in [-0.05, 0) is 24.6 Å². The van der Waals surface area contributed by atoms with Crippen LogP contribution in [0.3, 0.4) is 0 Å². The average molecular weight is 244 g/mol. The van der Waals surface area contributed by atoms with E-state index in [2.05, 4.69) is 0 Å². The van der Waals surface area contributed by atoms with Crippen molar-refractivity contribution in [2.75, 3.05) is 11.6 Å². The normalized spacial score (nSPS) is 10.1. The van der Waals surface area contributed by atoms with Gasteiger partial charge in [0.05, 0.1) is 13.2 Å². The Hall–Kier alpha value is -2.23. The topological polar surface area (TPSA) is 34.5 Å². The third-order valence-corrected chi connectivity index (χ3v) is 2.52. The number of benzene rings is 1. The summed E-state index contributed by atoms with van der Waals surface area (Å²) in [5.41, 5.74) is 1.05. The SMILES string of the molecule is CCOC(=O)N(Cc1ccccc1)n1cccc1. The van der Waals surface area contributed by atoms with Crippen LogP contribution >= 0.6 is 0 Å². The van der Waals surface area contributed by atoms with Gasteiger partial charge in [-0.1, -0.05) is 30.3 Å². The lowest BCUT2D eigenvalue weighted by molar-refractivity contribution is 0.152. The number of amides is 1. The van der Waals surface area contributed by atoms with Crippen LogP contribution in [0.15, 0.2) is 54.9 Å². The van der Waals surface area contributed by atoms with E-state index in [-0.39, 0.29) is 6.09 Å². The summed E-state index contributed by atoms with van der Waals surface area (Å²) in [5.74, 6) is 0. The van der Waals surface area contributed by atoms with Gasteiger partial charge in [-0.2, -0.15) is 0 Å².